The van der Waals surface area contributed by atoms with Crippen molar-refractivity contribution in [3.8, 4) is 0 Å². The second-order valence-electron chi connectivity index (χ2n) is 6.12. The van der Waals surface area contributed by atoms with Gasteiger partial charge in [0.25, 0.3) is 0 Å². The van der Waals surface area contributed by atoms with Crippen molar-refractivity contribution in [1.82, 2.24) is 0 Å². The quantitative estimate of drug-likeness (QED) is 0.640. The van der Waals surface area contributed by atoms with Crippen LogP contribution >= 0.6 is 0 Å². The molecule has 2 aliphatic carbocycles. The summed E-state index contributed by atoms with van der Waals surface area (Å²) in [4.78, 5) is 0. The average molecular weight is 214 g/mol. The van der Waals surface area contributed by atoms with Crippen LogP contribution in [0.4, 0.5) is 0 Å². The summed E-state index contributed by atoms with van der Waals surface area (Å²) >= 11 is 0. The van der Waals surface area contributed by atoms with Crippen LogP contribution in [-0.2, 0) is 0 Å². The highest BCUT2D eigenvalue weighted by Gasteiger charge is 2.34. The molecule has 1 aromatic carbocycles. The third kappa shape index (κ3) is 2.03. The summed E-state index contributed by atoms with van der Waals surface area (Å²) < 4.78 is 0. The molecule has 2 aliphatic rings. The monoisotopic (exact) mass is 214 g/mol. The molecule has 0 amide bonds. The van der Waals surface area contributed by atoms with Gasteiger partial charge in [0.05, 0.1) is 0 Å². The molecule has 0 radical (unpaired) electrons. The Kier molecular flexibility index (Phi) is 2.75. The molecule has 0 N–H and O–H groups in total. The van der Waals surface area contributed by atoms with E-state index < -0.39 is 0 Å². The molecule has 0 aromatic heterocycles. The van der Waals surface area contributed by atoms with E-state index in [0.29, 0.717) is 0 Å². The van der Waals surface area contributed by atoms with Crippen molar-refractivity contribution in [2.75, 3.05) is 0 Å². The fourth-order valence-electron chi connectivity index (χ4n) is 4.18. The molecule has 86 valence electrons. The van der Waals surface area contributed by atoms with Crippen molar-refractivity contribution in [1.29, 1.82) is 0 Å². The van der Waals surface area contributed by atoms with Crippen LogP contribution in [0.2, 0.25) is 0 Å². The summed E-state index contributed by atoms with van der Waals surface area (Å²) in [5.74, 6) is 3.89. The molecule has 0 aliphatic heterocycles. The average Bonchev–Trinajstić information content (AvgIpc) is 2.28. The van der Waals surface area contributed by atoms with Crippen molar-refractivity contribution in [3.63, 3.8) is 0 Å². The number of rotatable bonds is 1. The van der Waals surface area contributed by atoms with E-state index in [4.69, 9.17) is 0 Å². The normalized spacial score (nSPS) is 38.3. The van der Waals surface area contributed by atoms with E-state index in [1.807, 2.05) is 0 Å². The third-order valence-corrected chi connectivity index (χ3v) is 4.64. The van der Waals surface area contributed by atoms with Crippen molar-refractivity contribution >= 4 is 0 Å². The Morgan fingerprint density at radius 1 is 0.812 bits per heavy atom. The highest BCUT2D eigenvalue weighted by Crippen LogP contribution is 2.47. The second-order valence-corrected chi connectivity index (χ2v) is 6.12. The zero-order valence-corrected chi connectivity index (χ0v) is 10.2. The van der Waals surface area contributed by atoms with Gasteiger partial charge in [0.15, 0.2) is 0 Å². The molecule has 2 bridgehead atoms. The Morgan fingerprint density at radius 2 is 1.44 bits per heavy atom. The molecule has 0 spiro atoms. The minimum absolute atomic E-state index is 0.859. The predicted octanol–water partition coefficient (Wildman–Crippen LogP) is 4.62. The highest BCUT2D eigenvalue weighted by molar-refractivity contribution is 5.20. The van der Waals surface area contributed by atoms with Crippen LogP contribution in [0.25, 0.3) is 0 Å². The number of benzene rings is 1. The second kappa shape index (κ2) is 4.24. The first-order chi connectivity index (χ1) is 7.81. The predicted molar refractivity (Wildman–Crippen MR) is 68.4 cm³/mol. The Bertz CT molecular complexity index is 322. The maximum Gasteiger partial charge on any atom is -0.0157 e. The molecule has 0 heteroatoms. The third-order valence-electron chi connectivity index (χ3n) is 4.64. The minimum Gasteiger partial charge on any atom is -0.0625 e. The van der Waals surface area contributed by atoms with Crippen molar-refractivity contribution < 1.29 is 0 Å². The number of hydrogen-bond donors (Lipinski definition) is 0. The number of fused-ring (bicyclic) bond motifs is 2. The summed E-state index contributed by atoms with van der Waals surface area (Å²) in [6, 6.07) is 11.2. The summed E-state index contributed by atoms with van der Waals surface area (Å²) in [5.41, 5.74) is 1.59. The van der Waals surface area contributed by atoms with Crippen LogP contribution in [0.5, 0.6) is 0 Å². The maximum atomic E-state index is 2.45. The summed E-state index contributed by atoms with van der Waals surface area (Å²) in [5, 5.41) is 0. The molecule has 3 rings (SSSR count). The van der Waals surface area contributed by atoms with Gasteiger partial charge in [0, 0.05) is 0 Å². The van der Waals surface area contributed by atoms with Crippen LogP contribution in [0.1, 0.15) is 50.5 Å². The standard InChI is InChI=1S/C16H22/c1-12-7-13-9-14(8-12)11-16(10-13)15-5-3-2-4-6-15/h2-6,12-14,16H,7-11H2,1H3. The van der Waals surface area contributed by atoms with E-state index in [1.54, 1.807) is 5.56 Å². The fourth-order valence-corrected chi connectivity index (χ4v) is 4.18. The van der Waals surface area contributed by atoms with Crippen LogP contribution in [0.15, 0.2) is 30.3 Å². The first kappa shape index (κ1) is 10.4. The van der Waals surface area contributed by atoms with Crippen LogP contribution in [0, 0.1) is 17.8 Å². The summed E-state index contributed by atoms with van der Waals surface area (Å²) in [6.07, 6.45) is 7.39. The Hall–Kier alpha value is -0.780. The summed E-state index contributed by atoms with van der Waals surface area (Å²) in [6.45, 7) is 2.45. The topological polar surface area (TPSA) is 0 Å². The van der Waals surface area contributed by atoms with E-state index in [-0.39, 0.29) is 0 Å². The fraction of sp³-hybridized carbons (Fsp3) is 0.625. The van der Waals surface area contributed by atoms with Crippen molar-refractivity contribution in [3.05, 3.63) is 35.9 Å². The maximum absolute atomic E-state index is 2.45. The zero-order valence-electron chi connectivity index (χ0n) is 10.2. The van der Waals surface area contributed by atoms with Gasteiger partial charge in [0.1, 0.15) is 0 Å². The Morgan fingerprint density at radius 3 is 2.06 bits per heavy atom. The first-order valence-electron chi connectivity index (χ1n) is 6.86. The first-order valence-corrected chi connectivity index (χ1v) is 6.86. The minimum atomic E-state index is 0.859. The molecule has 2 fully saturated rings. The highest BCUT2D eigenvalue weighted by atomic mass is 14.4. The molecule has 2 unspecified atom stereocenters. The van der Waals surface area contributed by atoms with Gasteiger partial charge in [0.2, 0.25) is 0 Å². The Labute approximate surface area is 99.1 Å². The lowest BCUT2D eigenvalue weighted by molar-refractivity contribution is 0.130. The van der Waals surface area contributed by atoms with Gasteiger partial charge in [-0.1, -0.05) is 37.3 Å². The lowest BCUT2D eigenvalue weighted by atomic mass is 9.64. The van der Waals surface area contributed by atoms with Crippen LogP contribution in [-0.4, -0.2) is 0 Å². The molecule has 1 aromatic rings. The molecular formula is C16H22. The molecule has 0 heterocycles. The lowest BCUT2D eigenvalue weighted by Crippen LogP contribution is -2.29. The van der Waals surface area contributed by atoms with E-state index in [9.17, 15) is 0 Å². The molecule has 0 nitrogen and oxygen atoms in total. The van der Waals surface area contributed by atoms with E-state index >= 15 is 0 Å². The lowest BCUT2D eigenvalue weighted by Gasteiger charge is -2.42. The largest absolute Gasteiger partial charge is 0.0625 e. The molecular weight excluding hydrogens is 192 g/mol. The van der Waals surface area contributed by atoms with Gasteiger partial charge in [-0.25, -0.2) is 0 Å². The van der Waals surface area contributed by atoms with Crippen LogP contribution in [0.3, 0.4) is 0 Å². The van der Waals surface area contributed by atoms with Gasteiger partial charge < -0.3 is 0 Å². The molecule has 0 saturated heterocycles. The smallest absolute Gasteiger partial charge is 0.0157 e. The van der Waals surface area contributed by atoms with Gasteiger partial charge in [-0.15, -0.1) is 0 Å². The zero-order chi connectivity index (χ0) is 11.0. The molecule has 16 heavy (non-hydrogen) atoms. The van der Waals surface area contributed by atoms with Gasteiger partial charge >= 0.3 is 0 Å². The van der Waals surface area contributed by atoms with Crippen molar-refractivity contribution in [2.24, 2.45) is 17.8 Å². The van der Waals surface area contributed by atoms with E-state index in [1.165, 1.54) is 32.1 Å². The molecule has 2 atom stereocenters. The Balaban J connectivity index is 1.76. The number of hydrogen-bond acceptors (Lipinski definition) is 0. The van der Waals surface area contributed by atoms with Crippen molar-refractivity contribution in [2.45, 2.75) is 44.9 Å². The van der Waals surface area contributed by atoms with E-state index in [0.717, 1.165) is 23.7 Å². The van der Waals surface area contributed by atoms with Crippen LogP contribution < -0.4 is 0 Å². The van der Waals surface area contributed by atoms with Gasteiger partial charge in [-0.2, -0.15) is 0 Å². The van der Waals surface area contributed by atoms with Gasteiger partial charge in [-0.05, 0) is 61.3 Å². The summed E-state index contributed by atoms with van der Waals surface area (Å²) in [7, 11) is 0. The van der Waals surface area contributed by atoms with E-state index in [2.05, 4.69) is 37.3 Å². The molecule has 2 saturated carbocycles. The SMILES string of the molecule is CC1CC2CC(C1)CC(c1ccccc1)C2. The van der Waals surface area contributed by atoms with Gasteiger partial charge in [-0.3, -0.25) is 0 Å².